The maximum atomic E-state index is 3.60. The summed E-state index contributed by atoms with van der Waals surface area (Å²) in [5.41, 5.74) is 4.24. The summed E-state index contributed by atoms with van der Waals surface area (Å²) in [6.45, 7) is 3.41. The summed E-state index contributed by atoms with van der Waals surface area (Å²) >= 11 is 3.59. The average Bonchev–Trinajstić information content (AvgIpc) is 2.93. The molecular weight excluding hydrogens is 288 g/mol. The second kappa shape index (κ2) is 4.71. The average molecular weight is 307 g/mol. The van der Waals surface area contributed by atoms with Crippen molar-refractivity contribution in [2.75, 3.05) is 6.54 Å². The van der Waals surface area contributed by atoms with Crippen LogP contribution in [0.2, 0.25) is 0 Å². The quantitative estimate of drug-likeness (QED) is 0.898. The Kier molecular flexibility index (Phi) is 3.20. The second-order valence-corrected chi connectivity index (χ2v) is 6.20. The molecule has 0 saturated carbocycles. The Balaban J connectivity index is 2.08. The lowest BCUT2D eigenvalue weighted by Crippen LogP contribution is -2.23. The predicted molar refractivity (Wildman–Crippen MR) is 80.1 cm³/mol. The van der Waals surface area contributed by atoms with Crippen LogP contribution in [-0.2, 0) is 13.5 Å². The maximum Gasteiger partial charge on any atom is 0.0483 e. The van der Waals surface area contributed by atoms with E-state index in [9.17, 15) is 0 Å². The van der Waals surface area contributed by atoms with E-state index >= 15 is 0 Å². The molecule has 2 heterocycles. The molecular formula is C15H19BrN2. The van der Waals surface area contributed by atoms with Crippen molar-refractivity contribution in [3.63, 3.8) is 0 Å². The van der Waals surface area contributed by atoms with Gasteiger partial charge in [0.15, 0.2) is 0 Å². The van der Waals surface area contributed by atoms with Crippen molar-refractivity contribution in [1.82, 2.24) is 9.88 Å². The van der Waals surface area contributed by atoms with Crippen molar-refractivity contribution in [1.29, 1.82) is 0 Å². The summed E-state index contributed by atoms with van der Waals surface area (Å²) in [6, 6.07) is 7.25. The van der Waals surface area contributed by atoms with E-state index < -0.39 is 0 Å². The van der Waals surface area contributed by atoms with Gasteiger partial charge in [0.05, 0.1) is 0 Å². The first kappa shape index (κ1) is 12.2. The third-order valence-electron chi connectivity index (χ3n) is 4.20. The summed E-state index contributed by atoms with van der Waals surface area (Å²) in [5, 5.41) is 5.00. The minimum Gasteiger partial charge on any atom is -0.348 e. The van der Waals surface area contributed by atoms with Gasteiger partial charge in [0.1, 0.15) is 0 Å². The second-order valence-electron chi connectivity index (χ2n) is 5.28. The zero-order chi connectivity index (χ0) is 12.7. The molecule has 2 aromatic rings. The number of benzene rings is 1. The Labute approximate surface area is 116 Å². The Morgan fingerprint density at radius 3 is 3.00 bits per heavy atom. The molecule has 1 aromatic heterocycles. The van der Waals surface area contributed by atoms with E-state index in [1.807, 2.05) is 0 Å². The number of rotatable bonds is 2. The van der Waals surface area contributed by atoms with Crippen LogP contribution in [0.15, 0.2) is 22.7 Å². The molecule has 1 aromatic carbocycles. The van der Waals surface area contributed by atoms with Crippen LogP contribution in [0.25, 0.3) is 10.9 Å². The molecule has 1 N–H and O–H groups in total. The highest BCUT2D eigenvalue weighted by Gasteiger charge is 2.19. The normalized spacial score (nSPS) is 19.8. The van der Waals surface area contributed by atoms with E-state index in [-0.39, 0.29) is 0 Å². The SMILES string of the molecule is Cc1c(CC2CCCN2)c2cc(Br)ccc2n1C. The van der Waals surface area contributed by atoms with Crippen molar-refractivity contribution in [2.24, 2.45) is 7.05 Å². The number of aryl methyl sites for hydroxylation is 1. The number of fused-ring (bicyclic) bond motifs is 1. The molecule has 3 heteroatoms. The zero-order valence-electron chi connectivity index (χ0n) is 11.0. The number of nitrogens with one attached hydrogen (secondary N) is 1. The molecule has 0 aliphatic carbocycles. The molecule has 1 aliphatic rings. The highest BCUT2D eigenvalue weighted by Crippen LogP contribution is 2.29. The first-order valence-corrected chi connectivity index (χ1v) is 7.43. The molecule has 1 saturated heterocycles. The Morgan fingerprint density at radius 2 is 2.28 bits per heavy atom. The first-order chi connectivity index (χ1) is 8.66. The number of aromatic nitrogens is 1. The molecule has 0 bridgehead atoms. The van der Waals surface area contributed by atoms with Crippen LogP contribution in [0.3, 0.4) is 0 Å². The standard InChI is InChI=1S/C15H19BrN2/c1-10-13(9-12-4-3-7-17-12)14-8-11(16)5-6-15(14)18(10)2/h5-6,8,12,17H,3-4,7,9H2,1-2H3. The predicted octanol–water partition coefficient (Wildman–Crippen LogP) is 3.54. The molecule has 0 amide bonds. The molecule has 1 fully saturated rings. The fourth-order valence-corrected chi connectivity index (χ4v) is 3.42. The number of nitrogens with zero attached hydrogens (tertiary/aromatic N) is 1. The van der Waals surface area contributed by atoms with Crippen molar-refractivity contribution in [3.8, 4) is 0 Å². The lowest BCUT2D eigenvalue weighted by molar-refractivity contribution is 0.602. The zero-order valence-corrected chi connectivity index (χ0v) is 12.5. The van der Waals surface area contributed by atoms with Gasteiger partial charge in [-0.05, 0) is 56.5 Å². The van der Waals surface area contributed by atoms with Crippen molar-refractivity contribution in [2.45, 2.75) is 32.2 Å². The third kappa shape index (κ3) is 1.99. The first-order valence-electron chi connectivity index (χ1n) is 6.63. The minimum atomic E-state index is 0.660. The van der Waals surface area contributed by atoms with E-state index in [1.54, 1.807) is 0 Å². The van der Waals surface area contributed by atoms with Gasteiger partial charge in [0, 0.05) is 34.2 Å². The van der Waals surface area contributed by atoms with Crippen LogP contribution in [0.4, 0.5) is 0 Å². The van der Waals surface area contributed by atoms with Gasteiger partial charge in [-0.1, -0.05) is 15.9 Å². The van der Waals surface area contributed by atoms with Gasteiger partial charge in [-0.2, -0.15) is 0 Å². The number of hydrogen-bond donors (Lipinski definition) is 1. The molecule has 1 unspecified atom stereocenters. The molecule has 18 heavy (non-hydrogen) atoms. The van der Waals surface area contributed by atoms with Crippen molar-refractivity contribution >= 4 is 26.8 Å². The van der Waals surface area contributed by atoms with Gasteiger partial charge in [0.25, 0.3) is 0 Å². The van der Waals surface area contributed by atoms with Crippen LogP contribution >= 0.6 is 15.9 Å². The molecule has 1 atom stereocenters. The minimum absolute atomic E-state index is 0.660. The maximum absolute atomic E-state index is 3.60. The Morgan fingerprint density at radius 1 is 1.44 bits per heavy atom. The fourth-order valence-electron chi connectivity index (χ4n) is 3.06. The van der Waals surface area contributed by atoms with Gasteiger partial charge < -0.3 is 9.88 Å². The van der Waals surface area contributed by atoms with Gasteiger partial charge in [0.2, 0.25) is 0 Å². The highest BCUT2D eigenvalue weighted by molar-refractivity contribution is 9.10. The number of halogens is 1. The Hall–Kier alpha value is -0.800. The smallest absolute Gasteiger partial charge is 0.0483 e. The van der Waals surface area contributed by atoms with Gasteiger partial charge >= 0.3 is 0 Å². The van der Waals surface area contributed by atoms with Crippen molar-refractivity contribution < 1.29 is 0 Å². The summed E-state index contributed by atoms with van der Waals surface area (Å²) < 4.78 is 3.48. The largest absolute Gasteiger partial charge is 0.348 e. The van der Waals surface area contributed by atoms with Crippen LogP contribution in [0, 0.1) is 6.92 Å². The molecule has 3 rings (SSSR count). The van der Waals surface area contributed by atoms with Gasteiger partial charge in [-0.15, -0.1) is 0 Å². The van der Waals surface area contributed by atoms with E-state index in [2.05, 4.69) is 58.0 Å². The lowest BCUT2D eigenvalue weighted by Gasteiger charge is -2.10. The van der Waals surface area contributed by atoms with Gasteiger partial charge in [-0.3, -0.25) is 0 Å². The van der Waals surface area contributed by atoms with Crippen LogP contribution in [-0.4, -0.2) is 17.2 Å². The Bertz CT molecular complexity index is 580. The fraction of sp³-hybridized carbons (Fsp3) is 0.467. The summed E-state index contributed by atoms with van der Waals surface area (Å²) in [7, 11) is 2.16. The lowest BCUT2D eigenvalue weighted by atomic mass is 10.0. The van der Waals surface area contributed by atoms with E-state index in [1.165, 1.54) is 46.0 Å². The van der Waals surface area contributed by atoms with Crippen LogP contribution in [0.1, 0.15) is 24.1 Å². The summed E-state index contributed by atoms with van der Waals surface area (Å²) in [5.74, 6) is 0. The van der Waals surface area contributed by atoms with Gasteiger partial charge in [-0.25, -0.2) is 0 Å². The monoisotopic (exact) mass is 306 g/mol. The molecule has 0 spiro atoms. The molecule has 96 valence electrons. The van der Waals surface area contributed by atoms with E-state index in [0.717, 1.165) is 6.42 Å². The molecule has 1 aliphatic heterocycles. The van der Waals surface area contributed by atoms with Crippen LogP contribution in [0.5, 0.6) is 0 Å². The molecule has 2 nitrogen and oxygen atoms in total. The van der Waals surface area contributed by atoms with E-state index in [4.69, 9.17) is 0 Å². The topological polar surface area (TPSA) is 17.0 Å². The number of hydrogen-bond acceptors (Lipinski definition) is 1. The summed E-state index contributed by atoms with van der Waals surface area (Å²) in [4.78, 5) is 0. The summed E-state index contributed by atoms with van der Waals surface area (Å²) in [6.07, 6.45) is 3.78. The molecule has 0 radical (unpaired) electrons. The third-order valence-corrected chi connectivity index (χ3v) is 4.69. The van der Waals surface area contributed by atoms with Crippen LogP contribution < -0.4 is 5.32 Å². The van der Waals surface area contributed by atoms with E-state index in [0.29, 0.717) is 6.04 Å². The van der Waals surface area contributed by atoms with Crippen molar-refractivity contribution in [3.05, 3.63) is 33.9 Å². The highest BCUT2D eigenvalue weighted by atomic mass is 79.9.